The maximum atomic E-state index is 12.8. The molecule has 0 spiro atoms. The van der Waals surface area contributed by atoms with Crippen molar-refractivity contribution >= 4 is 12.0 Å². The van der Waals surface area contributed by atoms with Crippen LogP contribution in [-0.4, -0.2) is 63.3 Å². The number of hydrogen-bond acceptors (Lipinski definition) is 3. The third kappa shape index (κ3) is 3.15. The minimum Gasteiger partial charge on any atom is -0.480 e. The van der Waals surface area contributed by atoms with Gasteiger partial charge in [-0.25, -0.2) is 9.59 Å². The van der Waals surface area contributed by atoms with Gasteiger partial charge in [-0.3, -0.25) is 0 Å². The molecule has 2 amide bonds. The topological polar surface area (TPSA) is 81.1 Å². The van der Waals surface area contributed by atoms with Crippen LogP contribution in [-0.2, 0) is 4.79 Å². The number of amides is 2. The highest BCUT2D eigenvalue weighted by atomic mass is 16.4. The Hall–Kier alpha value is -1.30. The van der Waals surface area contributed by atoms with Gasteiger partial charge in [0.2, 0.25) is 0 Å². The molecule has 2 aliphatic heterocycles. The van der Waals surface area contributed by atoms with E-state index in [-0.39, 0.29) is 18.7 Å². The van der Waals surface area contributed by atoms with E-state index in [9.17, 15) is 14.7 Å². The molecule has 0 saturated carbocycles. The van der Waals surface area contributed by atoms with Crippen molar-refractivity contribution in [2.75, 3.05) is 19.7 Å². The van der Waals surface area contributed by atoms with Crippen molar-refractivity contribution < 1.29 is 19.8 Å². The Bertz CT molecular complexity index is 401. The van der Waals surface area contributed by atoms with E-state index in [2.05, 4.69) is 0 Å². The van der Waals surface area contributed by atoms with Crippen LogP contribution in [0.1, 0.15) is 51.9 Å². The van der Waals surface area contributed by atoms with Crippen molar-refractivity contribution in [3.05, 3.63) is 0 Å². The molecule has 2 rings (SSSR count). The van der Waals surface area contributed by atoms with Gasteiger partial charge in [-0.2, -0.15) is 0 Å². The van der Waals surface area contributed by atoms with Crippen LogP contribution in [0.3, 0.4) is 0 Å². The van der Waals surface area contributed by atoms with Gasteiger partial charge in [0.05, 0.1) is 0 Å². The molecule has 21 heavy (non-hydrogen) atoms. The average Bonchev–Trinajstić information content (AvgIpc) is 2.93. The number of aliphatic hydroxyl groups excluding tert-OH is 1. The highest BCUT2D eigenvalue weighted by Gasteiger charge is 2.46. The van der Waals surface area contributed by atoms with Crippen molar-refractivity contribution in [1.29, 1.82) is 0 Å². The number of carboxylic acids is 1. The predicted octanol–water partition coefficient (Wildman–Crippen LogP) is 1.67. The number of urea groups is 1. The summed E-state index contributed by atoms with van der Waals surface area (Å²) >= 11 is 0. The van der Waals surface area contributed by atoms with Gasteiger partial charge in [-0.15, -0.1) is 0 Å². The molecular weight excluding hydrogens is 272 g/mol. The highest BCUT2D eigenvalue weighted by Crippen LogP contribution is 2.32. The van der Waals surface area contributed by atoms with Gasteiger partial charge < -0.3 is 20.0 Å². The first-order chi connectivity index (χ1) is 10.0. The second kappa shape index (κ2) is 6.64. The molecule has 2 heterocycles. The molecule has 0 radical (unpaired) electrons. The summed E-state index contributed by atoms with van der Waals surface area (Å²) in [7, 11) is 0. The van der Waals surface area contributed by atoms with Crippen LogP contribution in [0.15, 0.2) is 0 Å². The van der Waals surface area contributed by atoms with Crippen LogP contribution in [0.4, 0.5) is 4.79 Å². The fourth-order valence-electron chi connectivity index (χ4n) is 3.52. The molecule has 120 valence electrons. The fraction of sp³-hybridized carbons (Fsp3) is 0.867. The number of nitrogens with zero attached hydrogens (tertiary/aromatic N) is 2. The third-order valence-electron chi connectivity index (χ3n) is 4.90. The van der Waals surface area contributed by atoms with Crippen LogP contribution in [0, 0.1) is 0 Å². The molecule has 6 nitrogen and oxygen atoms in total. The van der Waals surface area contributed by atoms with E-state index in [1.807, 2.05) is 4.90 Å². The molecule has 2 atom stereocenters. The van der Waals surface area contributed by atoms with Crippen molar-refractivity contribution in [2.45, 2.75) is 63.5 Å². The fourth-order valence-corrected chi connectivity index (χ4v) is 3.52. The third-order valence-corrected chi connectivity index (χ3v) is 4.90. The number of likely N-dealkylation sites (tertiary alicyclic amines) is 2. The molecule has 0 aromatic rings. The van der Waals surface area contributed by atoms with E-state index in [1.165, 1.54) is 0 Å². The first-order valence-electron chi connectivity index (χ1n) is 7.93. The van der Waals surface area contributed by atoms with E-state index in [1.54, 1.807) is 11.8 Å². The van der Waals surface area contributed by atoms with Gasteiger partial charge in [0.1, 0.15) is 5.54 Å². The van der Waals surface area contributed by atoms with Crippen molar-refractivity contribution in [3.63, 3.8) is 0 Å². The molecular formula is C15H26N2O4. The second-order valence-electron chi connectivity index (χ2n) is 6.33. The van der Waals surface area contributed by atoms with Gasteiger partial charge in [-0.1, -0.05) is 0 Å². The summed E-state index contributed by atoms with van der Waals surface area (Å²) in [4.78, 5) is 27.8. The quantitative estimate of drug-likeness (QED) is 0.827. The summed E-state index contributed by atoms with van der Waals surface area (Å²) < 4.78 is 0. The lowest BCUT2D eigenvalue weighted by molar-refractivity contribution is -0.150. The Morgan fingerprint density at radius 1 is 1.24 bits per heavy atom. The van der Waals surface area contributed by atoms with Crippen LogP contribution in [0.2, 0.25) is 0 Å². The summed E-state index contributed by atoms with van der Waals surface area (Å²) in [5, 5.41) is 18.5. The molecule has 2 unspecified atom stereocenters. The van der Waals surface area contributed by atoms with Gasteiger partial charge in [0.25, 0.3) is 0 Å². The number of aliphatic carboxylic acids is 1. The van der Waals surface area contributed by atoms with Gasteiger partial charge in [-0.05, 0) is 51.9 Å². The summed E-state index contributed by atoms with van der Waals surface area (Å²) in [6.45, 7) is 3.01. The SMILES string of the molecule is CC1(C(=O)O)CCCCN1C(=O)N1CCCC1CCCO. The molecule has 0 aromatic heterocycles. The summed E-state index contributed by atoms with van der Waals surface area (Å²) in [5.41, 5.74) is -1.08. The number of carbonyl (C=O) groups is 2. The first kappa shape index (κ1) is 16.1. The number of piperidine rings is 1. The maximum absolute atomic E-state index is 12.8. The molecule has 2 aliphatic rings. The Kier molecular flexibility index (Phi) is 5.08. The van der Waals surface area contributed by atoms with E-state index in [4.69, 9.17) is 5.11 Å². The average molecular weight is 298 g/mol. The lowest BCUT2D eigenvalue weighted by atomic mass is 9.88. The first-order valence-corrected chi connectivity index (χ1v) is 7.93. The van der Waals surface area contributed by atoms with Crippen molar-refractivity contribution in [3.8, 4) is 0 Å². The maximum Gasteiger partial charge on any atom is 0.329 e. The number of rotatable bonds is 4. The van der Waals surface area contributed by atoms with Crippen LogP contribution < -0.4 is 0 Å². The molecule has 2 saturated heterocycles. The normalized spacial score (nSPS) is 29.7. The van der Waals surface area contributed by atoms with Gasteiger partial charge in [0.15, 0.2) is 0 Å². The number of aliphatic hydroxyl groups is 1. The predicted molar refractivity (Wildman–Crippen MR) is 78.0 cm³/mol. The van der Waals surface area contributed by atoms with Gasteiger partial charge >= 0.3 is 12.0 Å². The Morgan fingerprint density at radius 2 is 2.00 bits per heavy atom. The monoisotopic (exact) mass is 298 g/mol. The summed E-state index contributed by atoms with van der Waals surface area (Å²) in [6.07, 6.45) is 5.61. The minimum absolute atomic E-state index is 0.134. The summed E-state index contributed by atoms with van der Waals surface area (Å²) in [6, 6.07) is 0.00432. The zero-order valence-electron chi connectivity index (χ0n) is 12.8. The Labute approximate surface area is 125 Å². The molecule has 6 heteroatoms. The van der Waals surface area contributed by atoms with Gasteiger partial charge in [0, 0.05) is 25.7 Å². The standard InChI is InChI=1S/C15H26N2O4/c1-15(13(19)20)8-2-3-10-17(15)14(21)16-9-4-6-12(16)7-5-11-18/h12,18H,2-11H2,1H3,(H,19,20). The summed E-state index contributed by atoms with van der Waals surface area (Å²) in [5.74, 6) is -0.915. The number of hydrogen-bond donors (Lipinski definition) is 2. The molecule has 2 N–H and O–H groups in total. The number of carboxylic acid groups (broad SMARTS) is 1. The van der Waals surface area contributed by atoms with Crippen LogP contribution >= 0.6 is 0 Å². The zero-order chi connectivity index (χ0) is 15.5. The van der Waals surface area contributed by atoms with Crippen LogP contribution in [0.25, 0.3) is 0 Å². The molecule has 0 aromatic carbocycles. The second-order valence-corrected chi connectivity index (χ2v) is 6.33. The van der Waals surface area contributed by atoms with E-state index >= 15 is 0 Å². The Balaban J connectivity index is 2.11. The largest absolute Gasteiger partial charge is 0.480 e. The zero-order valence-corrected chi connectivity index (χ0v) is 12.8. The smallest absolute Gasteiger partial charge is 0.329 e. The molecule has 0 aliphatic carbocycles. The number of carbonyl (C=O) groups excluding carboxylic acids is 1. The molecule has 0 bridgehead atoms. The van der Waals surface area contributed by atoms with E-state index in [0.717, 1.165) is 32.1 Å². The van der Waals surface area contributed by atoms with Crippen LogP contribution in [0.5, 0.6) is 0 Å². The highest BCUT2D eigenvalue weighted by molar-refractivity contribution is 5.86. The van der Waals surface area contributed by atoms with E-state index in [0.29, 0.717) is 25.9 Å². The lowest BCUT2D eigenvalue weighted by Crippen LogP contribution is -2.61. The van der Waals surface area contributed by atoms with Crippen molar-refractivity contribution in [2.24, 2.45) is 0 Å². The molecule has 2 fully saturated rings. The van der Waals surface area contributed by atoms with Crippen molar-refractivity contribution in [1.82, 2.24) is 9.80 Å². The Morgan fingerprint density at radius 3 is 2.67 bits per heavy atom. The van der Waals surface area contributed by atoms with E-state index < -0.39 is 11.5 Å². The minimum atomic E-state index is -1.08. The lowest BCUT2D eigenvalue weighted by Gasteiger charge is -2.44.